The van der Waals surface area contributed by atoms with Crippen LogP contribution in [0.2, 0.25) is 0 Å². The molecule has 1 amide bonds. The highest BCUT2D eigenvalue weighted by atomic mass is 32.1. The van der Waals surface area contributed by atoms with Crippen LogP contribution in [0.25, 0.3) is 0 Å². The van der Waals surface area contributed by atoms with Gasteiger partial charge in [-0.3, -0.25) is 14.5 Å². The molecular weight excluding hydrogens is 410 g/mol. The Morgan fingerprint density at radius 2 is 1.74 bits per heavy atom. The molecular formula is C24H29N3O3S. The number of likely N-dealkylation sites (N-methyl/N-ethyl adjacent to an activating group) is 1. The number of thiophene rings is 1. The zero-order chi connectivity index (χ0) is 22.1. The van der Waals surface area contributed by atoms with Gasteiger partial charge in [0.2, 0.25) is 0 Å². The van der Waals surface area contributed by atoms with E-state index in [1.165, 1.54) is 11.3 Å². The van der Waals surface area contributed by atoms with Gasteiger partial charge in [-0.05, 0) is 48.7 Å². The predicted octanol–water partition coefficient (Wildman–Crippen LogP) is 4.02. The van der Waals surface area contributed by atoms with Crippen molar-refractivity contribution in [2.75, 3.05) is 43.0 Å². The molecule has 1 atom stereocenters. The number of amides is 1. The van der Waals surface area contributed by atoms with Crippen LogP contribution >= 0.6 is 11.3 Å². The van der Waals surface area contributed by atoms with Crippen molar-refractivity contribution in [1.82, 2.24) is 4.90 Å². The number of aliphatic hydroxyl groups is 1. The van der Waals surface area contributed by atoms with Gasteiger partial charge in [0.15, 0.2) is 11.5 Å². The Morgan fingerprint density at radius 1 is 1.10 bits per heavy atom. The van der Waals surface area contributed by atoms with Crippen LogP contribution in [0.1, 0.15) is 31.2 Å². The highest BCUT2D eigenvalue weighted by Gasteiger charge is 2.44. The van der Waals surface area contributed by atoms with Crippen molar-refractivity contribution in [2.24, 2.45) is 5.92 Å². The van der Waals surface area contributed by atoms with E-state index in [2.05, 4.69) is 16.8 Å². The molecule has 1 aromatic heterocycles. The Kier molecular flexibility index (Phi) is 6.16. The maximum atomic E-state index is 13.1. The minimum Gasteiger partial charge on any atom is -0.503 e. The molecule has 1 N–H and O–H groups in total. The lowest BCUT2D eigenvalue weighted by atomic mass is 9.95. The standard InChI is InChI=1S/C24H29N3O3S/c1-16(2)15-19(28)21-22(20-5-4-14-31-20)27(24(30)23(21)29)18-8-6-17(7-9-18)26-12-10-25(3)11-13-26/h4-9,14,16,22,29H,10-13,15H2,1-3H3. The molecule has 0 spiro atoms. The molecule has 31 heavy (non-hydrogen) atoms. The number of hydrogen-bond acceptors (Lipinski definition) is 6. The smallest absolute Gasteiger partial charge is 0.294 e. The fourth-order valence-electron chi connectivity index (χ4n) is 4.24. The summed E-state index contributed by atoms with van der Waals surface area (Å²) in [4.78, 5) is 33.1. The minimum absolute atomic E-state index is 0.142. The summed E-state index contributed by atoms with van der Waals surface area (Å²) < 4.78 is 0. The highest BCUT2D eigenvalue weighted by Crippen LogP contribution is 2.43. The van der Waals surface area contributed by atoms with Crippen LogP contribution in [0, 0.1) is 5.92 Å². The number of Topliss-reactive ketones (excluding diaryl/α,β-unsaturated/α-hetero) is 1. The number of rotatable bonds is 6. The first-order valence-corrected chi connectivity index (χ1v) is 11.6. The lowest BCUT2D eigenvalue weighted by Crippen LogP contribution is -2.44. The Bertz CT molecular complexity index is 974. The summed E-state index contributed by atoms with van der Waals surface area (Å²) in [6.45, 7) is 7.89. The second-order valence-electron chi connectivity index (χ2n) is 8.68. The third-order valence-corrected chi connectivity index (χ3v) is 6.84. The lowest BCUT2D eigenvalue weighted by Gasteiger charge is -2.34. The maximum absolute atomic E-state index is 13.1. The van der Waals surface area contributed by atoms with Crippen molar-refractivity contribution in [1.29, 1.82) is 0 Å². The lowest BCUT2D eigenvalue weighted by molar-refractivity contribution is -0.118. The van der Waals surface area contributed by atoms with Gasteiger partial charge in [-0.15, -0.1) is 11.3 Å². The van der Waals surface area contributed by atoms with Crippen molar-refractivity contribution in [2.45, 2.75) is 26.3 Å². The van der Waals surface area contributed by atoms with Gasteiger partial charge in [0, 0.05) is 48.9 Å². The number of piperazine rings is 1. The molecule has 6 nitrogen and oxygen atoms in total. The molecule has 4 rings (SSSR count). The van der Waals surface area contributed by atoms with Crippen LogP contribution in [0.3, 0.4) is 0 Å². The van der Waals surface area contributed by atoms with Crippen LogP contribution in [0.5, 0.6) is 0 Å². The first kappa shape index (κ1) is 21.6. The quantitative estimate of drug-likeness (QED) is 0.737. The fourth-order valence-corrected chi connectivity index (χ4v) is 5.07. The number of ketones is 1. The monoisotopic (exact) mass is 439 g/mol. The van der Waals surface area contributed by atoms with Crippen LogP contribution in [0.15, 0.2) is 53.1 Å². The Morgan fingerprint density at radius 3 is 2.32 bits per heavy atom. The van der Waals surface area contributed by atoms with Crippen molar-refractivity contribution in [3.05, 3.63) is 58.0 Å². The van der Waals surface area contributed by atoms with Gasteiger partial charge >= 0.3 is 0 Å². The minimum atomic E-state index is -0.590. The molecule has 0 aliphatic carbocycles. The first-order chi connectivity index (χ1) is 14.9. The van der Waals surface area contributed by atoms with Gasteiger partial charge in [0.25, 0.3) is 5.91 Å². The van der Waals surface area contributed by atoms with E-state index in [9.17, 15) is 14.7 Å². The molecule has 0 saturated carbocycles. The van der Waals surface area contributed by atoms with Crippen LogP contribution in [0.4, 0.5) is 11.4 Å². The molecule has 164 valence electrons. The van der Waals surface area contributed by atoms with Crippen molar-refractivity contribution >= 4 is 34.4 Å². The van der Waals surface area contributed by atoms with E-state index >= 15 is 0 Å². The van der Waals surface area contributed by atoms with Gasteiger partial charge < -0.3 is 14.9 Å². The van der Waals surface area contributed by atoms with Crippen molar-refractivity contribution in [3.8, 4) is 0 Å². The third-order valence-electron chi connectivity index (χ3n) is 5.91. The molecule has 7 heteroatoms. The summed E-state index contributed by atoms with van der Waals surface area (Å²) in [5.74, 6) is -0.968. The average Bonchev–Trinajstić information content (AvgIpc) is 3.35. The van der Waals surface area contributed by atoms with E-state index < -0.39 is 17.7 Å². The zero-order valence-electron chi connectivity index (χ0n) is 18.2. The second kappa shape index (κ2) is 8.85. The van der Waals surface area contributed by atoms with E-state index in [-0.39, 0.29) is 17.3 Å². The van der Waals surface area contributed by atoms with E-state index in [4.69, 9.17) is 0 Å². The molecule has 2 aliphatic heterocycles. The van der Waals surface area contributed by atoms with Gasteiger partial charge in [-0.25, -0.2) is 0 Å². The summed E-state index contributed by atoms with van der Waals surface area (Å²) in [6, 6.07) is 11.1. The van der Waals surface area contributed by atoms with E-state index in [0.717, 1.165) is 36.7 Å². The summed E-state index contributed by atoms with van der Waals surface area (Å²) in [5.41, 5.74) is 2.01. The number of carbonyl (C=O) groups excluding carboxylic acids is 2. The zero-order valence-corrected chi connectivity index (χ0v) is 19.1. The molecule has 2 aliphatic rings. The summed E-state index contributed by atoms with van der Waals surface area (Å²) in [6.07, 6.45) is 0.296. The second-order valence-corrected chi connectivity index (χ2v) is 9.66. The average molecular weight is 440 g/mol. The fraction of sp³-hybridized carbons (Fsp3) is 0.417. The highest BCUT2D eigenvalue weighted by molar-refractivity contribution is 7.10. The molecule has 0 radical (unpaired) electrons. The van der Waals surface area contributed by atoms with E-state index in [1.807, 2.05) is 55.6 Å². The topological polar surface area (TPSA) is 64.1 Å². The number of nitrogens with zero attached hydrogens (tertiary/aromatic N) is 3. The normalized spacial score (nSPS) is 20.3. The molecule has 1 saturated heterocycles. The van der Waals surface area contributed by atoms with Gasteiger partial charge in [-0.1, -0.05) is 19.9 Å². The number of anilines is 2. The molecule has 1 fully saturated rings. The van der Waals surface area contributed by atoms with Crippen LogP contribution in [-0.2, 0) is 9.59 Å². The van der Waals surface area contributed by atoms with E-state index in [1.54, 1.807) is 4.90 Å². The SMILES string of the molecule is CC(C)CC(=O)C1=C(O)C(=O)N(c2ccc(N3CCN(C)CC3)cc2)C1c1cccs1. The predicted molar refractivity (Wildman–Crippen MR) is 125 cm³/mol. The molecule has 3 heterocycles. The third kappa shape index (κ3) is 4.25. The molecule has 0 bridgehead atoms. The van der Waals surface area contributed by atoms with Crippen LogP contribution < -0.4 is 9.80 Å². The number of benzene rings is 1. The van der Waals surface area contributed by atoms with Crippen molar-refractivity contribution in [3.63, 3.8) is 0 Å². The Hall–Kier alpha value is -2.64. The molecule has 2 aromatic rings. The van der Waals surface area contributed by atoms with Crippen molar-refractivity contribution < 1.29 is 14.7 Å². The summed E-state index contributed by atoms with van der Waals surface area (Å²) in [7, 11) is 2.13. The first-order valence-electron chi connectivity index (χ1n) is 10.7. The molecule has 1 unspecified atom stereocenters. The number of aliphatic hydroxyl groups excluding tert-OH is 1. The summed E-state index contributed by atoms with van der Waals surface area (Å²) in [5, 5.41) is 12.6. The molecule has 1 aromatic carbocycles. The number of hydrogen-bond donors (Lipinski definition) is 1. The van der Waals surface area contributed by atoms with E-state index in [0.29, 0.717) is 12.1 Å². The number of carbonyl (C=O) groups is 2. The largest absolute Gasteiger partial charge is 0.503 e. The summed E-state index contributed by atoms with van der Waals surface area (Å²) >= 11 is 1.48. The van der Waals surface area contributed by atoms with Gasteiger partial charge in [0.1, 0.15) is 6.04 Å². The Balaban J connectivity index is 1.65. The van der Waals surface area contributed by atoms with Gasteiger partial charge in [0.05, 0.1) is 5.57 Å². The van der Waals surface area contributed by atoms with Crippen LogP contribution in [-0.4, -0.2) is 54.9 Å². The maximum Gasteiger partial charge on any atom is 0.294 e. The van der Waals surface area contributed by atoms with Gasteiger partial charge in [-0.2, -0.15) is 0 Å². The Labute approximate surface area is 187 Å².